The van der Waals surface area contributed by atoms with Gasteiger partial charge in [0.1, 0.15) is 0 Å². The second-order valence-corrected chi connectivity index (χ2v) is 3.44. The van der Waals surface area contributed by atoms with Gasteiger partial charge in [-0.25, -0.2) is 13.6 Å². The predicted octanol–water partition coefficient (Wildman–Crippen LogP) is 1.83. The summed E-state index contributed by atoms with van der Waals surface area (Å²) in [6.45, 7) is 0. The highest BCUT2D eigenvalue weighted by atomic mass is 35.5. The van der Waals surface area contributed by atoms with Gasteiger partial charge in [0.25, 0.3) is 0 Å². The van der Waals surface area contributed by atoms with Crippen molar-refractivity contribution in [2.75, 3.05) is 14.2 Å². The molecule has 0 aliphatic heterocycles. The standard InChI is InChI=1S/C10H9ClF2O4/c1-16-9-6(12)4(3-5(11)7(9)13)8(14)10(15)17-2/h3,8,14H,1-2H3. The van der Waals surface area contributed by atoms with Crippen LogP contribution in [0.1, 0.15) is 11.7 Å². The Morgan fingerprint density at radius 2 is 2.00 bits per heavy atom. The molecule has 0 heterocycles. The van der Waals surface area contributed by atoms with Crippen molar-refractivity contribution in [2.24, 2.45) is 0 Å². The molecule has 17 heavy (non-hydrogen) atoms. The fraction of sp³-hybridized carbons (Fsp3) is 0.300. The summed E-state index contributed by atoms with van der Waals surface area (Å²) in [4.78, 5) is 11.0. The summed E-state index contributed by atoms with van der Waals surface area (Å²) in [6, 6.07) is 0.802. The Kier molecular flexibility index (Phi) is 4.25. The van der Waals surface area contributed by atoms with E-state index in [1.54, 1.807) is 0 Å². The number of carbonyl (C=O) groups excluding carboxylic acids is 1. The molecule has 0 radical (unpaired) electrons. The monoisotopic (exact) mass is 266 g/mol. The Morgan fingerprint density at radius 1 is 1.41 bits per heavy atom. The van der Waals surface area contributed by atoms with Crippen molar-refractivity contribution in [3.8, 4) is 5.75 Å². The summed E-state index contributed by atoms with van der Waals surface area (Å²) >= 11 is 5.48. The van der Waals surface area contributed by atoms with Gasteiger partial charge in [0.2, 0.25) is 0 Å². The van der Waals surface area contributed by atoms with Crippen LogP contribution in [0.3, 0.4) is 0 Å². The van der Waals surface area contributed by atoms with Crippen LogP contribution in [-0.2, 0) is 9.53 Å². The van der Waals surface area contributed by atoms with Gasteiger partial charge < -0.3 is 14.6 Å². The van der Waals surface area contributed by atoms with Gasteiger partial charge in [-0.1, -0.05) is 11.6 Å². The first-order valence-electron chi connectivity index (χ1n) is 4.41. The van der Waals surface area contributed by atoms with Crippen LogP contribution in [-0.4, -0.2) is 25.3 Å². The third kappa shape index (κ3) is 2.48. The van der Waals surface area contributed by atoms with Gasteiger partial charge in [-0.05, 0) is 6.07 Å². The first-order valence-corrected chi connectivity index (χ1v) is 4.79. The third-order valence-corrected chi connectivity index (χ3v) is 2.34. The quantitative estimate of drug-likeness (QED) is 0.670. The predicted molar refractivity (Wildman–Crippen MR) is 54.9 cm³/mol. The molecule has 1 N–H and O–H groups in total. The van der Waals surface area contributed by atoms with Crippen molar-refractivity contribution in [1.82, 2.24) is 0 Å². The first kappa shape index (κ1) is 13.7. The first-order chi connectivity index (χ1) is 7.93. The molecule has 1 unspecified atom stereocenters. The van der Waals surface area contributed by atoms with Crippen LogP contribution < -0.4 is 4.74 Å². The lowest BCUT2D eigenvalue weighted by Gasteiger charge is -2.13. The minimum atomic E-state index is -1.90. The maximum absolute atomic E-state index is 13.7. The molecule has 0 amide bonds. The number of hydrogen-bond donors (Lipinski definition) is 1. The van der Waals surface area contributed by atoms with Crippen LogP contribution in [0.15, 0.2) is 6.07 Å². The normalized spacial score (nSPS) is 12.1. The SMILES string of the molecule is COC(=O)C(O)c1cc(Cl)c(F)c(OC)c1F. The molecule has 0 saturated heterocycles. The Balaban J connectivity index is 3.35. The minimum Gasteiger partial charge on any atom is -0.491 e. The summed E-state index contributed by atoms with van der Waals surface area (Å²) in [5.74, 6) is -4.16. The lowest BCUT2D eigenvalue weighted by atomic mass is 10.1. The van der Waals surface area contributed by atoms with E-state index in [-0.39, 0.29) is 0 Å². The maximum Gasteiger partial charge on any atom is 0.339 e. The lowest BCUT2D eigenvalue weighted by molar-refractivity contribution is -0.150. The van der Waals surface area contributed by atoms with Gasteiger partial charge in [-0.15, -0.1) is 0 Å². The summed E-state index contributed by atoms with van der Waals surface area (Å²) in [7, 11) is 2.05. The van der Waals surface area contributed by atoms with E-state index < -0.39 is 40.0 Å². The van der Waals surface area contributed by atoms with E-state index in [0.29, 0.717) is 0 Å². The Morgan fingerprint density at radius 3 is 2.47 bits per heavy atom. The fourth-order valence-corrected chi connectivity index (χ4v) is 1.42. The topological polar surface area (TPSA) is 55.8 Å². The molecule has 0 saturated carbocycles. The second-order valence-electron chi connectivity index (χ2n) is 3.03. The van der Waals surface area contributed by atoms with Crippen molar-refractivity contribution in [3.05, 3.63) is 28.3 Å². The maximum atomic E-state index is 13.7. The van der Waals surface area contributed by atoms with Crippen LogP contribution in [0.5, 0.6) is 5.75 Å². The van der Waals surface area contributed by atoms with Gasteiger partial charge in [0.05, 0.1) is 19.2 Å². The average Bonchev–Trinajstić information content (AvgIpc) is 2.32. The molecule has 1 aromatic carbocycles. The van der Waals surface area contributed by atoms with Gasteiger partial charge in [0.15, 0.2) is 23.5 Å². The van der Waals surface area contributed by atoms with E-state index in [0.717, 1.165) is 20.3 Å². The van der Waals surface area contributed by atoms with Gasteiger partial charge >= 0.3 is 5.97 Å². The largest absolute Gasteiger partial charge is 0.491 e. The summed E-state index contributed by atoms with van der Waals surface area (Å²) < 4.78 is 35.7. The molecular formula is C10H9ClF2O4. The highest BCUT2D eigenvalue weighted by Gasteiger charge is 2.27. The van der Waals surface area contributed by atoms with Gasteiger partial charge in [0, 0.05) is 5.56 Å². The van der Waals surface area contributed by atoms with E-state index in [1.165, 1.54) is 0 Å². The minimum absolute atomic E-state index is 0.471. The Hall–Kier alpha value is -1.40. The zero-order valence-corrected chi connectivity index (χ0v) is 9.72. The average molecular weight is 267 g/mol. The molecule has 94 valence electrons. The zero-order valence-electron chi connectivity index (χ0n) is 8.96. The molecule has 7 heteroatoms. The second kappa shape index (κ2) is 5.29. The fourth-order valence-electron chi connectivity index (χ4n) is 1.22. The molecule has 4 nitrogen and oxygen atoms in total. The Bertz CT molecular complexity index is 450. The van der Waals surface area contributed by atoms with Crippen LogP contribution in [0.25, 0.3) is 0 Å². The smallest absolute Gasteiger partial charge is 0.339 e. The van der Waals surface area contributed by atoms with E-state index >= 15 is 0 Å². The van der Waals surface area contributed by atoms with Crippen molar-refractivity contribution in [2.45, 2.75) is 6.10 Å². The zero-order chi connectivity index (χ0) is 13.2. The third-order valence-electron chi connectivity index (χ3n) is 2.07. The summed E-state index contributed by atoms with van der Waals surface area (Å²) in [5.41, 5.74) is -0.514. The molecule has 0 aromatic heterocycles. The number of ether oxygens (including phenoxy) is 2. The summed E-state index contributed by atoms with van der Waals surface area (Å²) in [6.07, 6.45) is -1.90. The lowest BCUT2D eigenvalue weighted by Crippen LogP contribution is -2.15. The van der Waals surface area contributed by atoms with Crippen LogP contribution >= 0.6 is 11.6 Å². The molecule has 0 fully saturated rings. The number of methoxy groups -OCH3 is 2. The Labute approximate surface area is 101 Å². The van der Waals surface area contributed by atoms with Gasteiger partial charge in [-0.2, -0.15) is 0 Å². The number of rotatable bonds is 3. The molecule has 0 aliphatic carbocycles. The van der Waals surface area contributed by atoms with Gasteiger partial charge in [-0.3, -0.25) is 0 Å². The highest BCUT2D eigenvalue weighted by Crippen LogP contribution is 2.33. The molecule has 1 atom stereocenters. The number of aliphatic hydroxyl groups excluding tert-OH is 1. The molecular weight excluding hydrogens is 258 g/mol. The highest BCUT2D eigenvalue weighted by molar-refractivity contribution is 6.31. The number of aliphatic hydroxyl groups is 1. The molecule has 1 rings (SSSR count). The van der Waals surface area contributed by atoms with E-state index in [9.17, 15) is 18.7 Å². The molecule has 0 bridgehead atoms. The number of esters is 1. The number of hydrogen-bond acceptors (Lipinski definition) is 4. The number of halogens is 3. The van der Waals surface area contributed by atoms with Crippen molar-refractivity contribution in [1.29, 1.82) is 0 Å². The molecule has 0 aliphatic rings. The van der Waals surface area contributed by atoms with Crippen LogP contribution in [0.2, 0.25) is 5.02 Å². The van der Waals surface area contributed by atoms with E-state index in [4.69, 9.17) is 11.6 Å². The van der Waals surface area contributed by atoms with Crippen molar-refractivity contribution in [3.63, 3.8) is 0 Å². The number of carbonyl (C=O) groups is 1. The summed E-state index contributed by atoms with van der Waals surface area (Å²) in [5, 5.41) is 8.98. The van der Waals surface area contributed by atoms with Crippen molar-refractivity contribution < 1.29 is 28.2 Å². The van der Waals surface area contributed by atoms with Crippen molar-refractivity contribution >= 4 is 17.6 Å². The molecule has 1 aromatic rings. The van der Waals surface area contributed by atoms with Crippen LogP contribution in [0.4, 0.5) is 8.78 Å². The van der Waals surface area contributed by atoms with E-state index in [1.807, 2.05) is 0 Å². The van der Waals surface area contributed by atoms with Crippen LogP contribution in [0, 0.1) is 11.6 Å². The number of benzene rings is 1. The van der Waals surface area contributed by atoms with E-state index in [2.05, 4.69) is 9.47 Å². The molecule has 0 spiro atoms.